The summed E-state index contributed by atoms with van der Waals surface area (Å²) in [7, 11) is 0. The molecule has 0 bridgehead atoms. The standard InChI is InChI=1S/C40H61ClO6/c1-7-13-22-43-29-36-37(44-23-14-8-2)38(45-24-15-9-3)39(46-25-16-10-4)40(47-36,21-11-5)33-27-32(34(41)28-35(33)42)26-31-19-17-30(12-6)18-20-31/h11,17-20,27-28,36-39,42H,5,7-10,12-16,21-26,29H2,1-4,6H3/t36-,37-,38+,39-,40+/m1/s1. The number of benzene rings is 2. The highest BCUT2D eigenvalue weighted by Crippen LogP contribution is 2.49. The number of aryl methyl sites for hydroxylation is 1. The zero-order valence-electron chi connectivity index (χ0n) is 29.7. The summed E-state index contributed by atoms with van der Waals surface area (Å²) in [5, 5.41) is 12.2. The van der Waals surface area contributed by atoms with Crippen LogP contribution < -0.4 is 0 Å². The van der Waals surface area contributed by atoms with Gasteiger partial charge in [0.05, 0.1) is 6.61 Å². The molecule has 5 atom stereocenters. The van der Waals surface area contributed by atoms with Gasteiger partial charge in [0.1, 0.15) is 35.8 Å². The zero-order valence-corrected chi connectivity index (χ0v) is 30.5. The van der Waals surface area contributed by atoms with E-state index in [0.717, 1.165) is 68.9 Å². The van der Waals surface area contributed by atoms with Crippen molar-refractivity contribution >= 4 is 11.6 Å². The number of phenols is 1. The molecule has 1 heterocycles. The molecule has 0 amide bonds. The second-order valence-corrected chi connectivity index (χ2v) is 13.2. The van der Waals surface area contributed by atoms with E-state index in [1.807, 2.05) is 12.1 Å². The van der Waals surface area contributed by atoms with E-state index in [0.29, 0.717) is 56.5 Å². The van der Waals surface area contributed by atoms with E-state index in [1.54, 1.807) is 6.07 Å². The predicted octanol–water partition coefficient (Wildman–Crippen LogP) is 9.74. The summed E-state index contributed by atoms with van der Waals surface area (Å²) in [6.45, 7) is 17.6. The molecule has 1 saturated heterocycles. The molecule has 7 heteroatoms. The lowest BCUT2D eigenvalue weighted by molar-refractivity contribution is -0.307. The Morgan fingerprint density at radius 2 is 1.38 bits per heavy atom. The quantitative estimate of drug-likeness (QED) is 0.0937. The first-order chi connectivity index (χ1) is 22.9. The molecule has 0 unspecified atom stereocenters. The minimum absolute atomic E-state index is 0.0642. The topological polar surface area (TPSA) is 66.4 Å². The molecule has 47 heavy (non-hydrogen) atoms. The van der Waals surface area contributed by atoms with Gasteiger partial charge in [-0.2, -0.15) is 0 Å². The van der Waals surface area contributed by atoms with Crippen molar-refractivity contribution in [3.8, 4) is 5.75 Å². The summed E-state index contributed by atoms with van der Waals surface area (Å²) >= 11 is 6.83. The lowest BCUT2D eigenvalue weighted by atomic mass is 9.76. The molecule has 264 valence electrons. The molecule has 1 aliphatic heterocycles. The molecule has 2 aromatic carbocycles. The third-order valence-corrected chi connectivity index (χ3v) is 9.39. The fourth-order valence-electron chi connectivity index (χ4n) is 6.22. The van der Waals surface area contributed by atoms with Crippen molar-refractivity contribution in [2.24, 2.45) is 0 Å². The number of rotatable bonds is 23. The van der Waals surface area contributed by atoms with Crippen molar-refractivity contribution in [1.29, 1.82) is 0 Å². The van der Waals surface area contributed by atoms with Gasteiger partial charge in [0, 0.05) is 43.4 Å². The second-order valence-electron chi connectivity index (χ2n) is 12.8. The van der Waals surface area contributed by atoms with Crippen molar-refractivity contribution < 1.29 is 28.8 Å². The van der Waals surface area contributed by atoms with Crippen molar-refractivity contribution in [2.45, 2.75) is 135 Å². The van der Waals surface area contributed by atoms with Crippen LogP contribution in [0, 0.1) is 0 Å². The molecule has 0 aromatic heterocycles. The first kappa shape index (κ1) is 39.5. The predicted molar refractivity (Wildman–Crippen MR) is 193 cm³/mol. The van der Waals surface area contributed by atoms with Crippen LogP contribution >= 0.6 is 11.6 Å². The van der Waals surface area contributed by atoms with Gasteiger partial charge in [0.2, 0.25) is 0 Å². The Hall–Kier alpha value is -1.93. The monoisotopic (exact) mass is 672 g/mol. The molecule has 0 saturated carbocycles. The van der Waals surface area contributed by atoms with Gasteiger partial charge in [0.15, 0.2) is 0 Å². The molecular formula is C40H61ClO6. The summed E-state index contributed by atoms with van der Waals surface area (Å²) in [4.78, 5) is 0. The molecule has 1 fully saturated rings. The third kappa shape index (κ3) is 11.0. The highest BCUT2D eigenvalue weighted by molar-refractivity contribution is 6.31. The Morgan fingerprint density at radius 3 is 1.98 bits per heavy atom. The van der Waals surface area contributed by atoms with E-state index in [9.17, 15) is 5.11 Å². The minimum Gasteiger partial charge on any atom is -0.508 e. The molecule has 0 spiro atoms. The van der Waals surface area contributed by atoms with E-state index in [2.05, 4.69) is 65.5 Å². The van der Waals surface area contributed by atoms with Gasteiger partial charge in [-0.05, 0) is 67.3 Å². The Balaban J connectivity index is 2.19. The highest BCUT2D eigenvalue weighted by Gasteiger charge is 2.58. The largest absolute Gasteiger partial charge is 0.508 e. The smallest absolute Gasteiger partial charge is 0.129 e. The summed E-state index contributed by atoms with van der Waals surface area (Å²) < 4.78 is 33.7. The van der Waals surface area contributed by atoms with Crippen LogP contribution in [0.4, 0.5) is 0 Å². The van der Waals surface area contributed by atoms with Crippen LogP contribution in [0.1, 0.15) is 115 Å². The van der Waals surface area contributed by atoms with Gasteiger partial charge >= 0.3 is 0 Å². The zero-order chi connectivity index (χ0) is 34.1. The van der Waals surface area contributed by atoms with Gasteiger partial charge < -0.3 is 28.8 Å². The SMILES string of the molecule is C=CC[C@@]1(c2cc(Cc3ccc(CC)cc3)c(Cl)cc2O)O[C@H](COCCCC)[C@@H](OCCCC)[C@H](OCCCC)[C@H]1OCCCC. The van der Waals surface area contributed by atoms with Crippen LogP contribution in [-0.2, 0) is 42.1 Å². The number of hydrogen-bond acceptors (Lipinski definition) is 6. The second kappa shape index (κ2) is 21.2. The van der Waals surface area contributed by atoms with Gasteiger partial charge in [-0.1, -0.05) is 102 Å². The van der Waals surface area contributed by atoms with E-state index in [1.165, 1.54) is 5.56 Å². The number of halogens is 1. The third-order valence-electron chi connectivity index (χ3n) is 9.04. The van der Waals surface area contributed by atoms with E-state index in [-0.39, 0.29) is 5.75 Å². The number of phenolic OH excluding ortho intramolecular Hbond substituents is 1. The lowest BCUT2D eigenvalue weighted by Gasteiger charge is -2.53. The van der Waals surface area contributed by atoms with Gasteiger partial charge in [-0.25, -0.2) is 0 Å². The van der Waals surface area contributed by atoms with Crippen molar-refractivity contribution in [2.75, 3.05) is 33.0 Å². The van der Waals surface area contributed by atoms with Gasteiger partial charge in [-0.15, -0.1) is 6.58 Å². The first-order valence-electron chi connectivity index (χ1n) is 18.2. The lowest BCUT2D eigenvalue weighted by Crippen LogP contribution is -2.65. The van der Waals surface area contributed by atoms with Crippen LogP contribution in [0.5, 0.6) is 5.75 Å². The molecule has 0 aliphatic carbocycles. The molecular weight excluding hydrogens is 612 g/mol. The van der Waals surface area contributed by atoms with Gasteiger partial charge in [0.25, 0.3) is 0 Å². The molecule has 2 aromatic rings. The number of aromatic hydroxyl groups is 1. The normalized spacial score (nSPS) is 22.9. The Morgan fingerprint density at radius 1 is 0.809 bits per heavy atom. The summed E-state index contributed by atoms with van der Waals surface area (Å²) in [6.07, 6.45) is 9.71. The highest BCUT2D eigenvalue weighted by atomic mass is 35.5. The average molecular weight is 673 g/mol. The maximum absolute atomic E-state index is 11.7. The number of unbranched alkanes of at least 4 members (excludes halogenated alkanes) is 4. The van der Waals surface area contributed by atoms with Crippen LogP contribution in [0.15, 0.2) is 49.1 Å². The van der Waals surface area contributed by atoms with Crippen LogP contribution in [0.2, 0.25) is 5.02 Å². The maximum Gasteiger partial charge on any atom is 0.129 e. The fourth-order valence-corrected chi connectivity index (χ4v) is 6.45. The first-order valence-corrected chi connectivity index (χ1v) is 18.6. The van der Waals surface area contributed by atoms with Crippen LogP contribution in [0.3, 0.4) is 0 Å². The molecule has 1 N–H and O–H groups in total. The van der Waals surface area contributed by atoms with E-state index >= 15 is 0 Å². The van der Waals surface area contributed by atoms with Crippen molar-refractivity contribution in [1.82, 2.24) is 0 Å². The fraction of sp³-hybridized carbons (Fsp3) is 0.650. The summed E-state index contributed by atoms with van der Waals surface area (Å²) in [5.41, 5.74) is 2.84. The van der Waals surface area contributed by atoms with Crippen molar-refractivity contribution in [3.05, 3.63) is 76.3 Å². The molecule has 6 nitrogen and oxygen atoms in total. The average Bonchev–Trinajstić information content (AvgIpc) is 3.07. The number of hydrogen-bond donors (Lipinski definition) is 1. The van der Waals surface area contributed by atoms with Crippen LogP contribution in [-0.4, -0.2) is 62.6 Å². The molecule has 3 rings (SSSR count). The summed E-state index contributed by atoms with van der Waals surface area (Å²) in [5.74, 6) is 0.0642. The Labute approximate surface area is 290 Å². The van der Waals surface area contributed by atoms with Gasteiger partial charge in [-0.3, -0.25) is 0 Å². The number of ether oxygens (including phenoxy) is 5. The van der Waals surface area contributed by atoms with Crippen LogP contribution in [0.25, 0.3) is 0 Å². The maximum atomic E-state index is 11.7. The molecule has 1 aliphatic rings. The Bertz CT molecular complexity index is 1170. The summed E-state index contributed by atoms with van der Waals surface area (Å²) in [6, 6.07) is 12.3. The minimum atomic E-state index is -1.12. The Kier molecular flexibility index (Phi) is 17.8. The van der Waals surface area contributed by atoms with Crippen molar-refractivity contribution in [3.63, 3.8) is 0 Å². The molecule has 0 radical (unpaired) electrons. The van der Waals surface area contributed by atoms with E-state index in [4.69, 9.17) is 35.3 Å². The van der Waals surface area contributed by atoms with E-state index < -0.39 is 30.0 Å².